The molecule has 3 rings (SSSR count). The Bertz CT molecular complexity index is 1330. The van der Waals surface area contributed by atoms with E-state index in [1.807, 2.05) is 0 Å². The predicted molar refractivity (Wildman–Crippen MR) is 162 cm³/mol. The summed E-state index contributed by atoms with van der Waals surface area (Å²) in [5.74, 6) is 14.3. The second kappa shape index (κ2) is 16.3. The van der Waals surface area contributed by atoms with Gasteiger partial charge in [0.25, 0.3) is 0 Å². The summed E-state index contributed by atoms with van der Waals surface area (Å²) in [5, 5.41) is 0. The van der Waals surface area contributed by atoms with Gasteiger partial charge in [0, 0.05) is 49.5 Å². The Morgan fingerprint density at radius 2 is 0.930 bits per heavy atom. The van der Waals surface area contributed by atoms with Crippen molar-refractivity contribution in [3.63, 3.8) is 0 Å². The van der Waals surface area contributed by atoms with Crippen LogP contribution in [-0.4, -0.2) is 90.5 Å². The summed E-state index contributed by atoms with van der Waals surface area (Å²) >= 11 is 0. The van der Waals surface area contributed by atoms with Gasteiger partial charge in [-0.2, -0.15) is 0 Å². The summed E-state index contributed by atoms with van der Waals surface area (Å²) < 4.78 is 32.0. The monoisotopic (exact) mass is 588 g/mol. The van der Waals surface area contributed by atoms with Crippen molar-refractivity contribution in [3.8, 4) is 58.2 Å². The molecule has 1 aliphatic rings. The molecule has 43 heavy (non-hydrogen) atoms. The number of hydrogen-bond donors (Lipinski definition) is 0. The lowest BCUT2D eigenvalue weighted by Crippen LogP contribution is -2.36. The summed E-state index contributed by atoms with van der Waals surface area (Å²) in [6.45, 7) is 1.91. The molecule has 1 saturated heterocycles. The Hall–Kier alpha value is -5.22. The van der Waals surface area contributed by atoms with Crippen LogP contribution < -0.4 is 28.4 Å². The minimum absolute atomic E-state index is 0.166. The van der Waals surface area contributed by atoms with Gasteiger partial charge in [-0.15, -0.1) is 0 Å². The molecule has 1 aliphatic heterocycles. The average Bonchev–Trinajstić information content (AvgIpc) is 3.30. The van der Waals surface area contributed by atoms with E-state index in [-0.39, 0.29) is 11.8 Å². The summed E-state index contributed by atoms with van der Waals surface area (Å²) in [6, 6.07) is 6.94. The lowest BCUT2D eigenvalue weighted by molar-refractivity contribution is -0.128. The van der Waals surface area contributed by atoms with E-state index in [1.54, 1.807) is 34.1 Å². The van der Waals surface area contributed by atoms with Crippen LogP contribution in [0.15, 0.2) is 48.6 Å². The molecule has 2 aromatic carbocycles. The van der Waals surface area contributed by atoms with Crippen LogP contribution in [0, 0.1) is 23.7 Å². The molecule has 1 fully saturated rings. The third-order valence-electron chi connectivity index (χ3n) is 6.50. The van der Waals surface area contributed by atoms with Crippen LogP contribution >= 0.6 is 0 Å². The molecule has 226 valence electrons. The maximum Gasteiger partial charge on any atom is 0.247 e. The van der Waals surface area contributed by atoms with Crippen molar-refractivity contribution in [2.75, 3.05) is 68.8 Å². The topological polar surface area (TPSA) is 96.0 Å². The van der Waals surface area contributed by atoms with Gasteiger partial charge in [0.2, 0.25) is 23.3 Å². The molecule has 0 unspecified atom stereocenters. The highest BCUT2D eigenvalue weighted by Crippen LogP contribution is 2.38. The van der Waals surface area contributed by atoms with Crippen LogP contribution in [0.1, 0.15) is 17.5 Å². The maximum absolute atomic E-state index is 12.8. The zero-order valence-electron chi connectivity index (χ0n) is 25.3. The number of ether oxygens (including phenoxy) is 6. The first kappa shape index (κ1) is 32.3. The van der Waals surface area contributed by atoms with Crippen molar-refractivity contribution in [1.29, 1.82) is 0 Å². The molecule has 2 amide bonds. The summed E-state index contributed by atoms with van der Waals surface area (Å²) in [5.41, 5.74) is 1.30. The zero-order valence-corrected chi connectivity index (χ0v) is 25.3. The van der Waals surface area contributed by atoms with Crippen molar-refractivity contribution < 1.29 is 38.0 Å². The van der Waals surface area contributed by atoms with Gasteiger partial charge < -0.3 is 38.2 Å². The van der Waals surface area contributed by atoms with E-state index in [4.69, 9.17) is 28.4 Å². The number of benzene rings is 2. The number of methoxy groups -OCH3 is 6. The standard InChI is InChI=1S/C33H36N2O8/c1-38-26-20-24(21-27(39-2)32(26)42-5)12-7-9-14-30(36)34-16-11-17-35(19-18-34)31(37)15-10-8-13-25-22-28(40-3)33(43-6)29(23-25)41-4/h9-10,14-15,20-23H,11,16-19H2,1-6H3. The van der Waals surface area contributed by atoms with Crippen molar-refractivity contribution in [1.82, 2.24) is 9.80 Å². The summed E-state index contributed by atoms with van der Waals surface area (Å²) in [7, 11) is 9.20. The molecule has 0 N–H and O–H groups in total. The lowest BCUT2D eigenvalue weighted by atomic mass is 10.2. The molecule has 2 aromatic rings. The fraction of sp³-hybridized carbons (Fsp3) is 0.333. The second-order valence-corrected chi connectivity index (χ2v) is 9.04. The highest BCUT2D eigenvalue weighted by Gasteiger charge is 2.19. The molecule has 1 heterocycles. The van der Waals surface area contributed by atoms with Gasteiger partial charge in [-0.3, -0.25) is 9.59 Å². The summed E-state index contributed by atoms with van der Waals surface area (Å²) in [6.07, 6.45) is 6.54. The first-order chi connectivity index (χ1) is 20.9. The smallest absolute Gasteiger partial charge is 0.247 e. The molecule has 10 nitrogen and oxygen atoms in total. The van der Waals surface area contributed by atoms with Crippen molar-refractivity contribution in [3.05, 3.63) is 59.7 Å². The summed E-state index contributed by atoms with van der Waals surface area (Å²) in [4.78, 5) is 28.9. The Kier molecular flexibility index (Phi) is 12.2. The number of hydrogen-bond acceptors (Lipinski definition) is 8. The Labute approximate surface area is 252 Å². The van der Waals surface area contributed by atoms with Crippen LogP contribution in [0.3, 0.4) is 0 Å². The fourth-order valence-corrected chi connectivity index (χ4v) is 4.35. The van der Waals surface area contributed by atoms with Gasteiger partial charge in [-0.1, -0.05) is 23.7 Å². The van der Waals surface area contributed by atoms with E-state index >= 15 is 0 Å². The highest BCUT2D eigenvalue weighted by molar-refractivity contribution is 5.89. The van der Waals surface area contributed by atoms with Crippen molar-refractivity contribution in [2.45, 2.75) is 6.42 Å². The van der Waals surface area contributed by atoms with Crippen LogP contribution in [-0.2, 0) is 9.59 Å². The van der Waals surface area contributed by atoms with Gasteiger partial charge in [0.15, 0.2) is 23.0 Å². The zero-order chi connectivity index (χ0) is 31.2. The van der Waals surface area contributed by atoms with Crippen LogP contribution in [0.2, 0.25) is 0 Å². The van der Waals surface area contributed by atoms with Crippen molar-refractivity contribution in [2.24, 2.45) is 0 Å². The highest BCUT2D eigenvalue weighted by atomic mass is 16.5. The SMILES string of the molecule is COc1cc(C#CC=CC(=O)N2CCCN(C(=O)C=CC#Cc3cc(OC)c(OC)c(OC)c3)CC2)cc(OC)c1OC. The van der Waals surface area contributed by atoms with Crippen LogP contribution in [0.4, 0.5) is 0 Å². The number of amides is 2. The van der Waals surface area contributed by atoms with Gasteiger partial charge in [0.1, 0.15) is 0 Å². The molecular formula is C33H36N2O8. The Morgan fingerprint density at radius 1 is 0.581 bits per heavy atom. The first-order valence-corrected chi connectivity index (χ1v) is 13.4. The minimum atomic E-state index is -0.166. The lowest BCUT2D eigenvalue weighted by Gasteiger charge is -2.20. The van der Waals surface area contributed by atoms with E-state index in [2.05, 4.69) is 23.7 Å². The average molecular weight is 589 g/mol. The second-order valence-electron chi connectivity index (χ2n) is 9.04. The quantitative estimate of drug-likeness (QED) is 0.343. The molecule has 10 heteroatoms. The Balaban J connectivity index is 1.57. The van der Waals surface area contributed by atoms with Gasteiger partial charge >= 0.3 is 0 Å². The Morgan fingerprint density at radius 3 is 1.23 bits per heavy atom. The van der Waals surface area contributed by atoms with Crippen molar-refractivity contribution >= 4 is 11.8 Å². The number of carbonyl (C=O) groups is 2. The normalized spacial score (nSPS) is 12.9. The third kappa shape index (κ3) is 8.64. The largest absolute Gasteiger partial charge is 0.493 e. The van der Waals surface area contributed by atoms with Crippen LogP contribution in [0.25, 0.3) is 0 Å². The third-order valence-corrected chi connectivity index (χ3v) is 6.50. The number of nitrogens with zero attached hydrogens (tertiary/aromatic N) is 2. The van der Waals surface area contributed by atoms with Gasteiger partial charge in [0.05, 0.1) is 42.7 Å². The predicted octanol–water partition coefficient (Wildman–Crippen LogP) is 3.31. The number of allylic oxidation sites excluding steroid dienone is 2. The van der Waals surface area contributed by atoms with Gasteiger partial charge in [-0.25, -0.2) is 0 Å². The molecule has 0 bridgehead atoms. The van der Waals surface area contributed by atoms with Gasteiger partial charge in [-0.05, 0) is 42.8 Å². The molecule has 0 saturated carbocycles. The molecular weight excluding hydrogens is 552 g/mol. The van der Waals surface area contributed by atoms with Crippen LogP contribution in [0.5, 0.6) is 34.5 Å². The van der Waals surface area contributed by atoms with E-state index in [0.29, 0.717) is 78.2 Å². The van der Waals surface area contributed by atoms with E-state index in [0.717, 1.165) is 0 Å². The minimum Gasteiger partial charge on any atom is -0.493 e. The van der Waals surface area contributed by atoms with E-state index < -0.39 is 0 Å². The van der Waals surface area contributed by atoms with E-state index in [9.17, 15) is 9.59 Å². The molecule has 0 radical (unpaired) electrons. The number of rotatable bonds is 8. The molecule has 0 atom stereocenters. The fourth-order valence-electron chi connectivity index (χ4n) is 4.35. The van der Waals surface area contributed by atoms with E-state index in [1.165, 1.54) is 67.0 Å². The molecule has 0 spiro atoms. The molecule has 0 aromatic heterocycles. The first-order valence-electron chi connectivity index (χ1n) is 13.4. The maximum atomic E-state index is 12.8. The number of carbonyl (C=O) groups excluding carboxylic acids is 2. The molecule has 0 aliphatic carbocycles.